The summed E-state index contributed by atoms with van der Waals surface area (Å²) in [6.45, 7) is 3.29. The molecule has 2 aliphatic heterocycles. The van der Waals surface area contributed by atoms with E-state index in [2.05, 4.69) is 10.2 Å². The molecule has 1 aromatic rings. The molecule has 0 atom stereocenters. The van der Waals surface area contributed by atoms with Gasteiger partial charge in [0.25, 0.3) is 0 Å². The van der Waals surface area contributed by atoms with Crippen LogP contribution in [0.2, 0.25) is 0 Å². The maximum atomic E-state index is 11.9. The number of rotatable bonds is 4. The summed E-state index contributed by atoms with van der Waals surface area (Å²) in [5.74, 6) is 0.211. The summed E-state index contributed by atoms with van der Waals surface area (Å²) >= 11 is 0. The highest BCUT2D eigenvalue weighted by atomic mass is 16.2. The number of likely N-dealkylation sites (tertiary alicyclic amines) is 1. The standard InChI is InChI=1S/C16H21N3O2/c20-15(12-18-9-1-2-10-18)17-13-5-7-14(8-6-13)19-11-3-4-16(19)21/h5-8H,1-4,9-12H2,(H,17,20). The minimum Gasteiger partial charge on any atom is -0.325 e. The topological polar surface area (TPSA) is 52.7 Å². The summed E-state index contributed by atoms with van der Waals surface area (Å²) in [5.41, 5.74) is 1.70. The highest BCUT2D eigenvalue weighted by molar-refractivity contribution is 5.96. The van der Waals surface area contributed by atoms with Gasteiger partial charge in [-0.05, 0) is 56.6 Å². The lowest BCUT2D eigenvalue weighted by molar-refractivity contribution is -0.117. The fourth-order valence-electron chi connectivity index (χ4n) is 2.99. The molecule has 3 rings (SSSR count). The van der Waals surface area contributed by atoms with E-state index in [1.807, 2.05) is 24.3 Å². The molecule has 112 valence electrons. The number of benzene rings is 1. The zero-order valence-electron chi connectivity index (χ0n) is 12.2. The Bertz CT molecular complexity index is 521. The van der Waals surface area contributed by atoms with Crippen LogP contribution in [0.5, 0.6) is 0 Å². The summed E-state index contributed by atoms with van der Waals surface area (Å²) in [4.78, 5) is 27.6. The normalized spacial score (nSPS) is 19.2. The van der Waals surface area contributed by atoms with Crippen molar-refractivity contribution < 1.29 is 9.59 Å². The van der Waals surface area contributed by atoms with E-state index in [4.69, 9.17) is 0 Å². The average molecular weight is 287 g/mol. The van der Waals surface area contributed by atoms with Crippen LogP contribution in [0.4, 0.5) is 11.4 Å². The number of nitrogens with one attached hydrogen (secondary N) is 1. The van der Waals surface area contributed by atoms with Gasteiger partial charge in [-0.15, -0.1) is 0 Å². The molecule has 0 saturated carbocycles. The highest BCUT2D eigenvalue weighted by Crippen LogP contribution is 2.23. The van der Waals surface area contributed by atoms with Crippen LogP contribution in [0.25, 0.3) is 0 Å². The third-order valence-corrected chi connectivity index (χ3v) is 4.10. The highest BCUT2D eigenvalue weighted by Gasteiger charge is 2.21. The molecule has 2 aliphatic rings. The number of hydrogen-bond acceptors (Lipinski definition) is 3. The van der Waals surface area contributed by atoms with Crippen LogP contribution in [0.3, 0.4) is 0 Å². The van der Waals surface area contributed by atoms with Crippen LogP contribution in [-0.2, 0) is 9.59 Å². The molecule has 2 amide bonds. The van der Waals surface area contributed by atoms with Gasteiger partial charge in [-0.2, -0.15) is 0 Å². The molecule has 2 saturated heterocycles. The molecule has 2 fully saturated rings. The number of carbonyl (C=O) groups is 2. The Morgan fingerprint density at radius 2 is 1.76 bits per heavy atom. The Labute approximate surface area is 124 Å². The van der Waals surface area contributed by atoms with Crippen molar-refractivity contribution in [1.82, 2.24) is 4.90 Å². The van der Waals surface area contributed by atoms with Crippen LogP contribution < -0.4 is 10.2 Å². The van der Waals surface area contributed by atoms with Crippen molar-refractivity contribution in [3.63, 3.8) is 0 Å². The van der Waals surface area contributed by atoms with Crippen LogP contribution in [0.15, 0.2) is 24.3 Å². The maximum Gasteiger partial charge on any atom is 0.238 e. The molecule has 1 N–H and O–H groups in total. The zero-order valence-corrected chi connectivity index (χ0v) is 12.2. The Hall–Kier alpha value is -1.88. The van der Waals surface area contributed by atoms with Gasteiger partial charge in [-0.25, -0.2) is 0 Å². The van der Waals surface area contributed by atoms with Crippen molar-refractivity contribution in [1.29, 1.82) is 0 Å². The van der Waals surface area contributed by atoms with Gasteiger partial charge in [0.05, 0.1) is 6.54 Å². The van der Waals surface area contributed by atoms with E-state index in [1.165, 1.54) is 12.8 Å². The SMILES string of the molecule is O=C(CN1CCCC1)Nc1ccc(N2CCCC2=O)cc1. The van der Waals surface area contributed by atoms with Gasteiger partial charge in [0.1, 0.15) is 0 Å². The third-order valence-electron chi connectivity index (χ3n) is 4.10. The van der Waals surface area contributed by atoms with E-state index in [1.54, 1.807) is 4.90 Å². The van der Waals surface area contributed by atoms with E-state index in [0.29, 0.717) is 13.0 Å². The molecule has 2 heterocycles. The smallest absolute Gasteiger partial charge is 0.238 e. The molecule has 0 aliphatic carbocycles. The van der Waals surface area contributed by atoms with Crippen molar-refractivity contribution in [3.05, 3.63) is 24.3 Å². The van der Waals surface area contributed by atoms with E-state index >= 15 is 0 Å². The Balaban J connectivity index is 1.56. The molecule has 5 heteroatoms. The predicted octanol–water partition coefficient (Wildman–Crippen LogP) is 1.85. The number of amides is 2. The first-order chi connectivity index (χ1) is 10.2. The molecular weight excluding hydrogens is 266 g/mol. The number of hydrogen-bond donors (Lipinski definition) is 1. The number of anilines is 2. The van der Waals surface area contributed by atoms with E-state index in [-0.39, 0.29) is 11.8 Å². The van der Waals surface area contributed by atoms with Crippen LogP contribution >= 0.6 is 0 Å². The van der Waals surface area contributed by atoms with Crippen molar-refractivity contribution in [2.75, 3.05) is 36.4 Å². The summed E-state index contributed by atoms with van der Waals surface area (Å²) in [6, 6.07) is 7.52. The zero-order chi connectivity index (χ0) is 14.7. The maximum absolute atomic E-state index is 11.9. The van der Waals surface area contributed by atoms with E-state index in [9.17, 15) is 9.59 Å². The molecule has 0 radical (unpaired) electrons. The van der Waals surface area contributed by atoms with Gasteiger partial charge in [0.15, 0.2) is 0 Å². The molecular formula is C16H21N3O2. The van der Waals surface area contributed by atoms with E-state index < -0.39 is 0 Å². The van der Waals surface area contributed by atoms with Gasteiger partial charge in [-0.3, -0.25) is 14.5 Å². The third kappa shape index (κ3) is 3.42. The van der Waals surface area contributed by atoms with Crippen molar-refractivity contribution >= 4 is 23.2 Å². The van der Waals surface area contributed by atoms with Crippen LogP contribution in [0, 0.1) is 0 Å². The van der Waals surface area contributed by atoms with Crippen LogP contribution in [-0.4, -0.2) is 42.9 Å². The molecule has 0 spiro atoms. The summed E-state index contributed by atoms with van der Waals surface area (Å²) in [6.07, 6.45) is 3.93. The van der Waals surface area contributed by atoms with Gasteiger partial charge in [-0.1, -0.05) is 0 Å². The fraction of sp³-hybridized carbons (Fsp3) is 0.500. The average Bonchev–Trinajstić information content (AvgIpc) is 3.11. The molecule has 0 unspecified atom stereocenters. The lowest BCUT2D eigenvalue weighted by atomic mass is 10.2. The van der Waals surface area contributed by atoms with Gasteiger partial charge in [0, 0.05) is 24.3 Å². The molecule has 21 heavy (non-hydrogen) atoms. The molecule has 1 aromatic carbocycles. The number of nitrogens with zero attached hydrogens (tertiary/aromatic N) is 2. The van der Waals surface area contributed by atoms with Gasteiger partial charge < -0.3 is 10.2 Å². The second-order valence-electron chi connectivity index (χ2n) is 5.73. The molecule has 5 nitrogen and oxygen atoms in total. The fourth-order valence-corrected chi connectivity index (χ4v) is 2.99. The van der Waals surface area contributed by atoms with Crippen molar-refractivity contribution in [3.8, 4) is 0 Å². The second kappa shape index (κ2) is 6.26. The Morgan fingerprint density at radius 1 is 1.05 bits per heavy atom. The number of carbonyl (C=O) groups excluding carboxylic acids is 2. The molecule has 0 aromatic heterocycles. The quantitative estimate of drug-likeness (QED) is 0.919. The summed E-state index contributed by atoms with van der Waals surface area (Å²) in [7, 11) is 0. The molecule has 0 bridgehead atoms. The van der Waals surface area contributed by atoms with Crippen LogP contribution in [0.1, 0.15) is 25.7 Å². The summed E-state index contributed by atoms with van der Waals surface area (Å²) < 4.78 is 0. The van der Waals surface area contributed by atoms with Gasteiger partial charge in [0.2, 0.25) is 11.8 Å². The Morgan fingerprint density at radius 3 is 2.38 bits per heavy atom. The first-order valence-corrected chi connectivity index (χ1v) is 7.65. The minimum absolute atomic E-state index is 0.0295. The first-order valence-electron chi connectivity index (χ1n) is 7.65. The lowest BCUT2D eigenvalue weighted by Crippen LogP contribution is -2.30. The largest absolute Gasteiger partial charge is 0.325 e. The monoisotopic (exact) mass is 287 g/mol. The van der Waals surface area contributed by atoms with Crippen molar-refractivity contribution in [2.45, 2.75) is 25.7 Å². The van der Waals surface area contributed by atoms with Crippen molar-refractivity contribution in [2.24, 2.45) is 0 Å². The van der Waals surface area contributed by atoms with Gasteiger partial charge >= 0.3 is 0 Å². The predicted molar refractivity (Wildman–Crippen MR) is 82.3 cm³/mol. The first kappa shape index (κ1) is 14.1. The second-order valence-corrected chi connectivity index (χ2v) is 5.73. The summed E-state index contributed by atoms with van der Waals surface area (Å²) in [5, 5.41) is 2.91. The lowest BCUT2D eigenvalue weighted by Gasteiger charge is -2.17. The minimum atomic E-state index is 0.0295. The van der Waals surface area contributed by atoms with E-state index in [0.717, 1.165) is 37.4 Å². The Kier molecular flexibility index (Phi) is 4.20.